The summed E-state index contributed by atoms with van der Waals surface area (Å²) in [4.78, 5) is 14.3. The monoisotopic (exact) mass is 394 g/mol. The Morgan fingerprint density at radius 1 is 0.962 bits per heavy atom. The summed E-state index contributed by atoms with van der Waals surface area (Å²) in [5, 5.41) is 0.239. The van der Waals surface area contributed by atoms with Crippen LogP contribution in [0.4, 0.5) is 5.69 Å². The Bertz CT molecular complexity index is 866. The minimum absolute atomic E-state index is 0.0445. The van der Waals surface area contributed by atoms with E-state index >= 15 is 0 Å². The Morgan fingerprint density at radius 2 is 1.58 bits per heavy atom. The van der Waals surface area contributed by atoms with Crippen molar-refractivity contribution in [2.75, 3.05) is 23.9 Å². The molecule has 0 radical (unpaired) electrons. The molecule has 2 aromatic carbocycles. The fraction of sp³-hybridized carbons (Fsp3) is 0.316. The first-order chi connectivity index (χ1) is 12.4. The Labute approximate surface area is 160 Å². The zero-order valence-corrected chi connectivity index (χ0v) is 16.7. The van der Waals surface area contributed by atoms with Crippen LogP contribution >= 0.6 is 11.6 Å². The normalized spacial score (nSPS) is 11.2. The molecular weight excluding hydrogens is 372 g/mol. The van der Waals surface area contributed by atoms with Crippen LogP contribution in [0.25, 0.3) is 0 Å². The summed E-state index contributed by atoms with van der Waals surface area (Å²) in [6.07, 6.45) is 0. The molecule has 0 aromatic heterocycles. The van der Waals surface area contributed by atoms with Gasteiger partial charge in [-0.25, -0.2) is 8.42 Å². The number of halogens is 1. The molecule has 0 spiro atoms. The second kappa shape index (κ2) is 8.56. The molecule has 0 unspecified atom stereocenters. The number of rotatable bonds is 7. The second-order valence-corrected chi connectivity index (χ2v) is 7.89. The van der Waals surface area contributed by atoms with E-state index in [1.54, 1.807) is 36.1 Å². The van der Waals surface area contributed by atoms with Crippen molar-refractivity contribution < 1.29 is 13.2 Å². The molecule has 140 valence electrons. The topological polar surface area (TPSA) is 57.7 Å². The van der Waals surface area contributed by atoms with E-state index in [0.29, 0.717) is 18.8 Å². The van der Waals surface area contributed by atoms with Gasteiger partial charge in [0.05, 0.1) is 21.2 Å². The molecule has 7 heteroatoms. The van der Waals surface area contributed by atoms with Gasteiger partial charge in [0.15, 0.2) is 0 Å². The van der Waals surface area contributed by atoms with Gasteiger partial charge in [0, 0.05) is 19.6 Å². The summed E-state index contributed by atoms with van der Waals surface area (Å²) < 4.78 is 27.5. The van der Waals surface area contributed by atoms with Gasteiger partial charge >= 0.3 is 0 Å². The number of benzene rings is 2. The fourth-order valence-electron chi connectivity index (χ4n) is 2.72. The first-order valence-electron chi connectivity index (χ1n) is 8.53. The summed E-state index contributed by atoms with van der Waals surface area (Å²) in [6, 6.07) is 13.1. The van der Waals surface area contributed by atoms with Crippen LogP contribution in [0, 0.1) is 0 Å². The number of amides is 1. The highest BCUT2D eigenvalue weighted by atomic mass is 35.5. The molecule has 0 aliphatic heterocycles. The molecule has 0 atom stereocenters. The number of carbonyl (C=O) groups excluding carboxylic acids is 1. The highest BCUT2D eigenvalue weighted by Crippen LogP contribution is 2.27. The molecule has 0 aliphatic rings. The number of sulfonamides is 1. The third-order valence-corrected chi connectivity index (χ3v) is 6.37. The summed E-state index contributed by atoms with van der Waals surface area (Å²) in [5.74, 6) is -0.278. The van der Waals surface area contributed by atoms with Crippen LogP contribution in [0.1, 0.15) is 31.1 Å². The quantitative estimate of drug-likeness (QED) is 0.712. The Kier molecular flexibility index (Phi) is 6.67. The molecule has 26 heavy (non-hydrogen) atoms. The lowest BCUT2D eigenvalue weighted by atomic mass is 10.2. The van der Waals surface area contributed by atoms with Gasteiger partial charge in [-0.1, -0.05) is 29.8 Å². The van der Waals surface area contributed by atoms with Crippen LogP contribution in [0.5, 0.6) is 0 Å². The van der Waals surface area contributed by atoms with Crippen molar-refractivity contribution in [3.63, 3.8) is 0 Å². The molecule has 0 fully saturated rings. The fourth-order valence-corrected chi connectivity index (χ4v) is 4.42. The molecule has 2 rings (SSSR count). The van der Waals surface area contributed by atoms with Crippen LogP contribution in [-0.4, -0.2) is 38.9 Å². The highest BCUT2D eigenvalue weighted by Gasteiger charge is 2.26. The van der Waals surface area contributed by atoms with Crippen LogP contribution in [0.15, 0.2) is 53.4 Å². The molecule has 0 saturated carbocycles. The predicted molar refractivity (Wildman–Crippen MR) is 105 cm³/mol. The standard InChI is InChI=1S/C19H23ClN2O3S/c1-4-21(5-2)19(23)17-14-16(12-13-18(17)20)26(24,25)22(6-3)15-10-8-7-9-11-15/h7-14H,4-6H2,1-3H3. The van der Waals surface area contributed by atoms with Gasteiger partial charge in [0.25, 0.3) is 15.9 Å². The van der Waals surface area contributed by atoms with E-state index in [-0.39, 0.29) is 27.9 Å². The van der Waals surface area contributed by atoms with E-state index in [1.807, 2.05) is 19.9 Å². The maximum absolute atomic E-state index is 13.1. The van der Waals surface area contributed by atoms with Crippen molar-refractivity contribution in [1.29, 1.82) is 0 Å². The largest absolute Gasteiger partial charge is 0.339 e. The Morgan fingerprint density at radius 3 is 2.12 bits per heavy atom. The number of hydrogen-bond acceptors (Lipinski definition) is 3. The Hall–Kier alpha value is -2.05. The molecule has 0 N–H and O–H groups in total. The lowest BCUT2D eigenvalue weighted by Crippen LogP contribution is -2.32. The van der Waals surface area contributed by atoms with Crippen molar-refractivity contribution in [2.24, 2.45) is 0 Å². The lowest BCUT2D eigenvalue weighted by Gasteiger charge is -2.24. The van der Waals surface area contributed by atoms with E-state index < -0.39 is 10.0 Å². The van der Waals surface area contributed by atoms with Crippen LogP contribution in [0.2, 0.25) is 5.02 Å². The highest BCUT2D eigenvalue weighted by molar-refractivity contribution is 7.92. The van der Waals surface area contributed by atoms with Crippen LogP contribution in [-0.2, 0) is 10.0 Å². The van der Waals surface area contributed by atoms with E-state index in [1.165, 1.54) is 22.5 Å². The predicted octanol–water partition coefficient (Wildman–Crippen LogP) is 4.04. The Balaban J connectivity index is 2.50. The first kappa shape index (κ1) is 20.3. The minimum Gasteiger partial charge on any atom is -0.339 e. The first-order valence-corrected chi connectivity index (χ1v) is 10.3. The van der Waals surface area contributed by atoms with Crippen molar-refractivity contribution in [3.05, 3.63) is 59.1 Å². The van der Waals surface area contributed by atoms with E-state index in [4.69, 9.17) is 11.6 Å². The molecule has 5 nitrogen and oxygen atoms in total. The summed E-state index contributed by atoms with van der Waals surface area (Å²) in [7, 11) is -3.81. The number of nitrogens with zero attached hydrogens (tertiary/aromatic N) is 2. The van der Waals surface area contributed by atoms with Crippen molar-refractivity contribution in [1.82, 2.24) is 4.90 Å². The lowest BCUT2D eigenvalue weighted by molar-refractivity contribution is 0.0773. The molecular formula is C19H23ClN2O3S. The zero-order valence-electron chi connectivity index (χ0n) is 15.1. The van der Waals surface area contributed by atoms with Gasteiger partial charge in [-0.2, -0.15) is 0 Å². The molecule has 0 aliphatic carbocycles. The average molecular weight is 395 g/mol. The molecule has 0 heterocycles. The van der Waals surface area contributed by atoms with Crippen molar-refractivity contribution in [3.8, 4) is 0 Å². The van der Waals surface area contributed by atoms with Crippen molar-refractivity contribution >= 4 is 33.2 Å². The van der Waals surface area contributed by atoms with Crippen LogP contribution < -0.4 is 4.31 Å². The van der Waals surface area contributed by atoms with Gasteiger partial charge in [0.1, 0.15) is 0 Å². The van der Waals surface area contributed by atoms with Crippen molar-refractivity contribution in [2.45, 2.75) is 25.7 Å². The van der Waals surface area contributed by atoms with Gasteiger partial charge in [0.2, 0.25) is 0 Å². The number of hydrogen-bond donors (Lipinski definition) is 0. The number of anilines is 1. The average Bonchev–Trinajstić information content (AvgIpc) is 2.64. The van der Waals surface area contributed by atoms with Gasteiger partial charge in [-0.05, 0) is 51.1 Å². The second-order valence-electron chi connectivity index (χ2n) is 5.62. The smallest absolute Gasteiger partial charge is 0.264 e. The maximum Gasteiger partial charge on any atom is 0.264 e. The number of para-hydroxylation sites is 1. The van der Waals surface area contributed by atoms with Crippen LogP contribution in [0.3, 0.4) is 0 Å². The van der Waals surface area contributed by atoms with Gasteiger partial charge < -0.3 is 4.90 Å². The number of carbonyl (C=O) groups is 1. The van der Waals surface area contributed by atoms with Gasteiger partial charge in [-0.3, -0.25) is 9.10 Å². The molecule has 0 saturated heterocycles. The van der Waals surface area contributed by atoms with E-state index in [9.17, 15) is 13.2 Å². The maximum atomic E-state index is 13.1. The van der Waals surface area contributed by atoms with E-state index in [2.05, 4.69) is 0 Å². The summed E-state index contributed by atoms with van der Waals surface area (Å²) in [6.45, 7) is 6.81. The summed E-state index contributed by atoms with van der Waals surface area (Å²) in [5.41, 5.74) is 0.766. The third kappa shape index (κ3) is 4.02. The molecule has 1 amide bonds. The molecule has 2 aromatic rings. The molecule has 0 bridgehead atoms. The minimum atomic E-state index is -3.81. The van der Waals surface area contributed by atoms with E-state index in [0.717, 1.165) is 0 Å². The summed E-state index contributed by atoms with van der Waals surface area (Å²) >= 11 is 6.17. The van der Waals surface area contributed by atoms with Gasteiger partial charge in [-0.15, -0.1) is 0 Å². The SMILES string of the molecule is CCN(CC)C(=O)c1cc(S(=O)(=O)N(CC)c2ccccc2)ccc1Cl. The third-order valence-electron chi connectivity index (χ3n) is 4.14. The zero-order chi connectivity index (χ0) is 19.3.